The van der Waals surface area contributed by atoms with E-state index in [1.165, 1.54) is 152 Å². The number of hydrogen-bond donors (Lipinski definition) is 0. The van der Waals surface area contributed by atoms with Crippen LogP contribution in [-0.2, 0) is 18.3 Å². The van der Waals surface area contributed by atoms with E-state index in [2.05, 4.69) is 175 Å². The lowest BCUT2D eigenvalue weighted by atomic mass is 9.69. The maximum Gasteiger partial charge on any atom is 0.0732 e. The molecule has 0 N–H and O–H groups in total. The Kier molecular flexibility index (Phi) is 7.87. The number of nitrogens with zero attached hydrogens (tertiary/aromatic N) is 1. The Bertz CT molecular complexity index is 2840. The Balaban J connectivity index is 1.10. The number of rotatable bonds is 5. The van der Waals surface area contributed by atoms with Crippen molar-refractivity contribution >= 4 is 27.8 Å². The minimum atomic E-state index is -0.445. The van der Waals surface area contributed by atoms with Gasteiger partial charge in [0, 0.05) is 17.1 Å². The molecule has 0 radical (unpaired) electrons. The van der Waals surface area contributed by atoms with Gasteiger partial charge in [-0.3, -0.25) is 0 Å². The van der Waals surface area contributed by atoms with E-state index in [9.17, 15) is 0 Å². The molecule has 1 spiro atoms. The highest BCUT2D eigenvalue weighted by atomic mass is 15.1. The van der Waals surface area contributed by atoms with Gasteiger partial charge in [-0.25, -0.2) is 0 Å². The molecule has 12 rings (SSSR count). The first kappa shape index (κ1) is 33.9. The van der Waals surface area contributed by atoms with Crippen molar-refractivity contribution in [3.05, 3.63) is 209 Å². The van der Waals surface area contributed by atoms with Gasteiger partial charge in [-0.2, -0.15) is 0 Å². The molecule has 0 unspecified atom stereocenters. The third kappa shape index (κ3) is 4.95. The second-order valence-corrected chi connectivity index (χ2v) is 17.2. The quantitative estimate of drug-likeness (QED) is 0.170. The molecule has 1 heteroatoms. The van der Waals surface area contributed by atoms with Crippen molar-refractivity contribution in [2.75, 3.05) is 4.90 Å². The fourth-order valence-electron chi connectivity index (χ4n) is 11.8. The van der Waals surface area contributed by atoms with E-state index in [4.69, 9.17) is 0 Å². The Morgan fingerprint density at radius 2 is 1.10 bits per heavy atom. The first-order chi connectivity index (χ1) is 28.8. The minimum absolute atomic E-state index is 0.445. The SMILES string of the molecule is c1ccc2c(c1)-c1ccccc1C21c2cc(N(c3ccc(-c4cccc5c4CCCC5)cc3)c3ccccc3C3CCCCC3)ccc2-c2ccc3ccccc3c21. The summed E-state index contributed by atoms with van der Waals surface area (Å²) in [6, 6.07) is 65.4. The van der Waals surface area contributed by atoms with E-state index < -0.39 is 5.41 Å². The van der Waals surface area contributed by atoms with Crippen LogP contribution in [0.3, 0.4) is 0 Å². The van der Waals surface area contributed by atoms with Crippen LogP contribution in [0.5, 0.6) is 0 Å². The van der Waals surface area contributed by atoms with Crippen molar-refractivity contribution in [1.82, 2.24) is 0 Å². The molecule has 1 nitrogen and oxygen atoms in total. The summed E-state index contributed by atoms with van der Waals surface area (Å²) in [5.74, 6) is 0.563. The van der Waals surface area contributed by atoms with Gasteiger partial charge in [-0.1, -0.05) is 159 Å². The van der Waals surface area contributed by atoms with Crippen LogP contribution >= 0.6 is 0 Å². The van der Waals surface area contributed by atoms with E-state index in [-0.39, 0.29) is 0 Å². The molecule has 58 heavy (non-hydrogen) atoms. The maximum absolute atomic E-state index is 2.59. The maximum atomic E-state index is 2.59. The smallest absolute Gasteiger partial charge is 0.0732 e. The molecular formula is C57H47N. The zero-order valence-corrected chi connectivity index (χ0v) is 33.1. The molecular weight excluding hydrogens is 699 g/mol. The summed E-state index contributed by atoms with van der Waals surface area (Å²) in [5, 5.41) is 2.63. The van der Waals surface area contributed by atoms with Gasteiger partial charge in [0.05, 0.1) is 5.41 Å². The summed E-state index contributed by atoms with van der Waals surface area (Å²) >= 11 is 0. The summed E-state index contributed by atoms with van der Waals surface area (Å²) in [7, 11) is 0. The molecule has 4 aliphatic carbocycles. The van der Waals surface area contributed by atoms with Crippen LogP contribution in [0.1, 0.15) is 89.8 Å². The average molecular weight is 746 g/mol. The third-order valence-corrected chi connectivity index (χ3v) is 14.3. The van der Waals surface area contributed by atoms with Crippen LogP contribution in [0.4, 0.5) is 17.1 Å². The van der Waals surface area contributed by atoms with Crippen LogP contribution in [-0.4, -0.2) is 0 Å². The number of benzene rings is 8. The lowest BCUT2D eigenvalue weighted by molar-refractivity contribution is 0.444. The van der Waals surface area contributed by atoms with Gasteiger partial charge in [-0.15, -0.1) is 0 Å². The summed E-state index contributed by atoms with van der Waals surface area (Å²) in [6.45, 7) is 0. The van der Waals surface area contributed by atoms with E-state index in [0.717, 1.165) is 0 Å². The van der Waals surface area contributed by atoms with Gasteiger partial charge < -0.3 is 4.90 Å². The largest absolute Gasteiger partial charge is 0.310 e. The van der Waals surface area contributed by atoms with E-state index in [1.807, 2.05) is 0 Å². The lowest BCUT2D eigenvalue weighted by Gasteiger charge is -2.34. The van der Waals surface area contributed by atoms with Gasteiger partial charge in [0.25, 0.3) is 0 Å². The van der Waals surface area contributed by atoms with Crippen molar-refractivity contribution in [3.8, 4) is 33.4 Å². The summed E-state index contributed by atoms with van der Waals surface area (Å²) < 4.78 is 0. The normalized spacial score (nSPS) is 16.1. The molecule has 0 saturated heterocycles. The monoisotopic (exact) mass is 745 g/mol. The fraction of sp³-hybridized carbons (Fsp3) is 0.193. The van der Waals surface area contributed by atoms with Crippen molar-refractivity contribution < 1.29 is 0 Å². The van der Waals surface area contributed by atoms with E-state index >= 15 is 0 Å². The highest BCUT2D eigenvalue weighted by Crippen LogP contribution is 2.64. The molecule has 0 bridgehead atoms. The first-order valence-corrected chi connectivity index (χ1v) is 21.8. The van der Waals surface area contributed by atoms with E-state index in [0.29, 0.717) is 5.92 Å². The van der Waals surface area contributed by atoms with Gasteiger partial charge in [0.15, 0.2) is 0 Å². The van der Waals surface area contributed by atoms with Crippen molar-refractivity contribution in [1.29, 1.82) is 0 Å². The van der Waals surface area contributed by atoms with Crippen molar-refractivity contribution in [3.63, 3.8) is 0 Å². The molecule has 0 atom stereocenters. The fourth-order valence-corrected chi connectivity index (χ4v) is 11.8. The predicted octanol–water partition coefficient (Wildman–Crippen LogP) is 15.2. The van der Waals surface area contributed by atoms with Crippen LogP contribution in [0, 0.1) is 0 Å². The molecule has 1 saturated carbocycles. The van der Waals surface area contributed by atoms with Gasteiger partial charge in [0.1, 0.15) is 0 Å². The average Bonchev–Trinajstić information content (AvgIpc) is 3.77. The summed E-state index contributed by atoms with van der Waals surface area (Å²) in [4.78, 5) is 2.59. The molecule has 0 aliphatic heterocycles. The van der Waals surface area contributed by atoms with Gasteiger partial charge in [0.2, 0.25) is 0 Å². The molecule has 280 valence electrons. The van der Waals surface area contributed by atoms with Crippen LogP contribution < -0.4 is 4.90 Å². The number of fused-ring (bicyclic) bond motifs is 13. The van der Waals surface area contributed by atoms with Gasteiger partial charge in [-0.05, 0) is 158 Å². The number of hydrogen-bond acceptors (Lipinski definition) is 1. The summed E-state index contributed by atoms with van der Waals surface area (Å²) in [5.41, 5.74) is 21.5. The second kappa shape index (κ2) is 13.5. The second-order valence-electron chi connectivity index (χ2n) is 17.2. The highest BCUT2D eigenvalue weighted by molar-refractivity contribution is 6.04. The topological polar surface area (TPSA) is 3.24 Å². The molecule has 0 heterocycles. The first-order valence-electron chi connectivity index (χ1n) is 21.8. The number of para-hydroxylation sites is 1. The minimum Gasteiger partial charge on any atom is -0.310 e. The number of anilines is 3. The Morgan fingerprint density at radius 3 is 1.93 bits per heavy atom. The molecule has 0 amide bonds. The van der Waals surface area contributed by atoms with Crippen LogP contribution in [0.15, 0.2) is 170 Å². The molecule has 1 fully saturated rings. The van der Waals surface area contributed by atoms with Crippen molar-refractivity contribution in [2.45, 2.75) is 69.1 Å². The Morgan fingerprint density at radius 1 is 0.448 bits per heavy atom. The number of aryl methyl sites for hydroxylation is 1. The van der Waals surface area contributed by atoms with Crippen LogP contribution in [0.2, 0.25) is 0 Å². The Hall–Kier alpha value is -6.18. The van der Waals surface area contributed by atoms with Crippen LogP contribution in [0.25, 0.3) is 44.2 Å². The van der Waals surface area contributed by atoms with E-state index in [1.54, 1.807) is 5.56 Å². The molecule has 8 aromatic rings. The van der Waals surface area contributed by atoms with Crippen molar-refractivity contribution in [2.24, 2.45) is 0 Å². The zero-order chi connectivity index (χ0) is 38.2. The predicted molar refractivity (Wildman–Crippen MR) is 243 cm³/mol. The third-order valence-electron chi connectivity index (χ3n) is 14.3. The summed E-state index contributed by atoms with van der Waals surface area (Å²) in [6.07, 6.45) is 11.4. The standard InChI is InChI=1S/C57H47N/c1-2-15-39(16-3-1)46-21-10-13-28-55(46)58(42-32-29-41(30-33-42)45-25-14-19-38-17-4-6-20-44(38)45)43-34-36-50-51-35-31-40-18-5-7-22-47(40)56(51)57(54(50)37-43)52-26-11-8-23-48(52)49-24-9-12-27-53(49)57/h5,7-14,18-19,21-37,39H,1-4,6,15-17,20H2. The Labute approximate surface area is 342 Å². The molecule has 4 aliphatic rings. The van der Waals surface area contributed by atoms with Gasteiger partial charge >= 0.3 is 0 Å². The zero-order valence-electron chi connectivity index (χ0n) is 33.1. The lowest BCUT2D eigenvalue weighted by Crippen LogP contribution is -2.26. The molecule has 0 aromatic heterocycles. The molecule has 8 aromatic carbocycles. The highest BCUT2D eigenvalue weighted by Gasteiger charge is 2.52.